The van der Waals surface area contributed by atoms with Crippen molar-refractivity contribution in [1.29, 1.82) is 0 Å². The van der Waals surface area contributed by atoms with Crippen LogP contribution in [0.15, 0.2) is 18.2 Å². The topological polar surface area (TPSA) is 129 Å². The van der Waals surface area contributed by atoms with E-state index >= 15 is 0 Å². The lowest BCUT2D eigenvalue weighted by Gasteiger charge is -2.17. The molecule has 1 saturated heterocycles. The predicted octanol–water partition coefficient (Wildman–Crippen LogP) is 2.33. The minimum absolute atomic E-state index is 0.0101. The second-order valence-corrected chi connectivity index (χ2v) is 5.75. The number of nitrogen functional groups attached to an aromatic ring is 1. The molecular formula is C16H20N6O4. The fourth-order valence-corrected chi connectivity index (χ4v) is 2.82. The molecule has 3 N–H and O–H groups in total. The highest BCUT2D eigenvalue weighted by atomic mass is 16.6. The summed E-state index contributed by atoms with van der Waals surface area (Å²) in [7, 11) is 3.04. The average molecular weight is 360 g/mol. The number of nitrogens with two attached hydrogens (primary N) is 1. The molecule has 0 unspecified atom stereocenters. The Morgan fingerprint density at radius 3 is 2.58 bits per heavy atom. The summed E-state index contributed by atoms with van der Waals surface area (Å²) in [6.07, 6.45) is 2.04. The maximum Gasteiger partial charge on any atom is 0.353 e. The van der Waals surface area contributed by atoms with Crippen molar-refractivity contribution in [3.05, 3.63) is 28.3 Å². The van der Waals surface area contributed by atoms with Crippen LogP contribution in [0.25, 0.3) is 0 Å². The van der Waals surface area contributed by atoms with Crippen LogP contribution in [0.2, 0.25) is 0 Å². The van der Waals surface area contributed by atoms with Gasteiger partial charge in [0.1, 0.15) is 11.5 Å². The molecule has 1 aliphatic rings. The van der Waals surface area contributed by atoms with Crippen molar-refractivity contribution in [1.82, 2.24) is 9.97 Å². The van der Waals surface area contributed by atoms with Crippen LogP contribution in [-0.2, 0) is 0 Å². The van der Waals surface area contributed by atoms with Crippen molar-refractivity contribution in [2.24, 2.45) is 0 Å². The summed E-state index contributed by atoms with van der Waals surface area (Å²) in [5, 5.41) is 14.4. The van der Waals surface area contributed by atoms with Crippen LogP contribution in [0.3, 0.4) is 0 Å². The first-order valence-electron chi connectivity index (χ1n) is 8.09. The van der Waals surface area contributed by atoms with E-state index in [0.717, 1.165) is 25.9 Å². The number of aromatic nitrogens is 2. The van der Waals surface area contributed by atoms with Gasteiger partial charge in [0, 0.05) is 19.2 Å². The van der Waals surface area contributed by atoms with Crippen LogP contribution in [0.1, 0.15) is 12.8 Å². The molecule has 1 fully saturated rings. The minimum Gasteiger partial charge on any atom is -0.497 e. The molecule has 10 nitrogen and oxygen atoms in total. The van der Waals surface area contributed by atoms with Crippen LogP contribution >= 0.6 is 0 Å². The molecular weight excluding hydrogens is 340 g/mol. The first-order valence-corrected chi connectivity index (χ1v) is 8.09. The largest absolute Gasteiger partial charge is 0.497 e. The maximum atomic E-state index is 11.5. The summed E-state index contributed by atoms with van der Waals surface area (Å²) in [5.41, 5.74) is 5.95. The third-order valence-corrected chi connectivity index (χ3v) is 4.13. The molecule has 0 bridgehead atoms. The highest BCUT2D eigenvalue weighted by Crippen LogP contribution is 2.37. The number of nitrogens with one attached hydrogen (secondary N) is 1. The Morgan fingerprint density at radius 1 is 1.23 bits per heavy atom. The quantitative estimate of drug-likeness (QED) is 0.589. The van der Waals surface area contributed by atoms with Crippen molar-refractivity contribution in [3.8, 4) is 11.5 Å². The fraction of sp³-hybridized carbons (Fsp3) is 0.375. The normalized spacial score (nSPS) is 13.5. The van der Waals surface area contributed by atoms with Gasteiger partial charge in [0.15, 0.2) is 0 Å². The molecule has 1 aliphatic heterocycles. The SMILES string of the molecule is COc1ccc(OC)c(Nc2nc(N3CCCC3)nc(N)c2[N+](=O)[O-])c1. The van der Waals surface area contributed by atoms with Gasteiger partial charge >= 0.3 is 5.69 Å². The first-order chi connectivity index (χ1) is 12.5. The molecule has 10 heteroatoms. The number of methoxy groups -OCH3 is 2. The van der Waals surface area contributed by atoms with Crippen molar-refractivity contribution in [2.75, 3.05) is 43.3 Å². The van der Waals surface area contributed by atoms with Gasteiger partial charge in [-0.25, -0.2) is 0 Å². The van der Waals surface area contributed by atoms with Crippen molar-refractivity contribution >= 4 is 29.0 Å². The first kappa shape index (κ1) is 17.5. The zero-order chi connectivity index (χ0) is 18.7. The van der Waals surface area contributed by atoms with E-state index in [-0.39, 0.29) is 17.3 Å². The average Bonchev–Trinajstić information content (AvgIpc) is 3.15. The van der Waals surface area contributed by atoms with Gasteiger partial charge in [-0.3, -0.25) is 10.1 Å². The number of anilines is 4. The lowest BCUT2D eigenvalue weighted by Crippen LogP contribution is -2.22. The summed E-state index contributed by atoms with van der Waals surface area (Å²) < 4.78 is 10.5. The van der Waals surface area contributed by atoms with Crippen molar-refractivity contribution < 1.29 is 14.4 Å². The molecule has 26 heavy (non-hydrogen) atoms. The Labute approximate surface area is 150 Å². The highest BCUT2D eigenvalue weighted by molar-refractivity contribution is 5.77. The van der Waals surface area contributed by atoms with Crippen molar-refractivity contribution in [3.63, 3.8) is 0 Å². The monoisotopic (exact) mass is 360 g/mol. The second kappa shape index (κ2) is 7.30. The molecule has 2 heterocycles. The number of nitro groups is 1. The van der Waals surface area contributed by atoms with E-state index in [9.17, 15) is 10.1 Å². The molecule has 0 atom stereocenters. The third kappa shape index (κ3) is 3.39. The van der Waals surface area contributed by atoms with E-state index in [1.807, 2.05) is 4.90 Å². The predicted molar refractivity (Wildman–Crippen MR) is 97.4 cm³/mol. The van der Waals surface area contributed by atoms with Gasteiger partial charge in [-0.1, -0.05) is 0 Å². The van der Waals surface area contributed by atoms with E-state index in [1.165, 1.54) is 14.2 Å². The van der Waals surface area contributed by atoms with E-state index in [4.69, 9.17) is 15.2 Å². The number of hydrogen-bond donors (Lipinski definition) is 2. The van der Waals surface area contributed by atoms with Gasteiger partial charge in [-0.15, -0.1) is 0 Å². The standard InChI is InChI=1S/C16H20N6O4/c1-25-10-5-6-12(26-2)11(9-10)18-15-13(22(23)24)14(17)19-16(20-15)21-7-3-4-8-21/h5-6,9H,3-4,7-8H2,1-2H3,(H3,17,18,19,20). The van der Waals surface area contributed by atoms with Crippen LogP contribution in [0.5, 0.6) is 11.5 Å². The fourth-order valence-electron chi connectivity index (χ4n) is 2.82. The molecule has 1 aromatic carbocycles. The molecule has 0 saturated carbocycles. The molecule has 0 amide bonds. The Bertz CT molecular complexity index is 823. The molecule has 0 spiro atoms. The Hall–Kier alpha value is -3.30. The molecule has 138 valence electrons. The number of hydrogen-bond acceptors (Lipinski definition) is 9. The van der Waals surface area contributed by atoms with Crippen molar-refractivity contribution in [2.45, 2.75) is 12.8 Å². The number of nitrogens with zero attached hydrogens (tertiary/aromatic N) is 4. The number of benzene rings is 1. The number of rotatable bonds is 6. The zero-order valence-corrected chi connectivity index (χ0v) is 14.6. The Balaban J connectivity index is 2.06. The highest BCUT2D eigenvalue weighted by Gasteiger charge is 2.26. The Morgan fingerprint density at radius 2 is 1.96 bits per heavy atom. The summed E-state index contributed by atoms with van der Waals surface area (Å²) >= 11 is 0. The van der Waals surface area contributed by atoms with Crippen LogP contribution < -0.4 is 25.4 Å². The molecule has 3 rings (SSSR count). The van der Waals surface area contributed by atoms with Gasteiger partial charge in [0.2, 0.25) is 17.6 Å². The lowest BCUT2D eigenvalue weighted by atomic mass is 10.2. The number of ether oxygens (including phenoxy) is 2. The van der Waals surface area contributed by atoms with E-state index in [0.29, 0.717) is 23.1 Å². The maximum absolute atomic E-state index is 11.5. The van der Waals surface area contributed by atoms with Gasteiger partial charge < -0.3 is 25.4 Å². The van der Waals surface area contributed by atoms with Gasteiger partial charge in [-0.2, -0.15) is 9.97 Å². The van der Waals surface area contributed by atoms with Crippen LogP contribution in [0.4, 0.5) is 29.0 Å². The Kier molecular flexibility index (Phi) is 4.92. The zero-order valence-electron chi connectivity index (χ0n) is 14.6. The van der Waals surface area contributed by atoms with Gasteiger partial charge in [-0.05, 0) is 25.0 Å². The summed E-state index contributed by atoms with van der Waals surface area (Å²) in [4.78, 5) is 21.3. The minimum atomic E-state index is -0.599. The third-order valence-electron chi connectivity index (χ3n) is 4.13. The lowest BCUT2D eigenvalue weighted by molar-refractivity contribution is -0.383. The molecule has 2 aromatic rings. The second-order valence-electron chi connectivity index (χ2n) is 5.75. The molecule has 0 aliphatic carbocycles. The molecule has 0 radical (unpaired) electrons. The summed E-state index contributed by atoms with van der Waals surface area (Å²) in [6.45, 7) is 1.58. The van der Waals surface area contributed by atoms with E-state index in [1.54, 1.807) is 18.2 Å². The summed E-state index contributed by atoms with van der Waals surface area (Å²) in [6, 6.07) is 5.08. The van der Waals surface area contributed by atoms with Crippen LogP contribution in [-0.4, -0.2) is 42.2 Å². The summed E-state index contributed by atoms with van der Waals surface area (Å²) in [5.74, 6) is 1.25. The van der Waals surface area contributed by atoms with Crippen LogP contribution in [0, 0.1) is 10.1 Å². The van der Waals surface area contributed by atoms with Gasteiger partial charge in [0.05, 0.1) is 24.8 Å². The molecule has 1 aromatic heterocycles. The van der Waals surface area contributed by atoms with E-state index in [2.05, 4.69) is 15.3 Å². The van der Waals surface area contributed by atoms with E-state index < -0.39 is 4.92 Å². The smallest absolute Gasteiger partial charge is 0.353 e. The van der Waals surface area contributed by atoms with Gasteiger partial charge in [0.25, 0.3) is 0 Å².